The zero-order valence-electron chi connectivity index (χ0n) is 16.3. The molecule has 3 aromatic rings. The van der Waals surface area contributed by atoms with Crippen LogP contribution in [0.15, 0.2) is 72.8 Å². The van der Waals surface area contributed by atoms with E-state index in [0.29, 0.717) is 6.54 Å². The van der Waals surface area contributed by atoms with E-state index in [-0.39, 0.29) is 12.2 Å². The average Bonchev–Trinajstić information content (AvgIpc) is 2.74. The smallest absolute Gasteiger partial charge is 0.409 e. The number of fused-ring (bicyclic) bond motifs is 1. The monoisotopic (exact) mass is 374 g/mol. The Bertz CT molecular complexity index is 942. The predicted molar refractivity (Wildman–Crippen MR) is 114 cm³/mol. The van der Waals surface area contributed by atoms with Gasteiger partial charge < -0.3 is 14.5 Å². The van der Waals surface area contributed by atoms with Crippen LogP contribution in [-0.4, -0.2) is 43.8 Å². The lowest BCUT2D eigenvalue weighted by Crippen LogP contribution is -2.45. The van der Waals surface area contributed by atoms with Crippen LogP contribution in [0.4, 0.5) is 10.5 Å². The minimum absolute atomic E-state index is 0.0778. The minimum Gasteiger partial charge on any atom is -0.444 e. The van der Waals surface area contributed by atoms with Crippen LogP contribution in [0.1, 0.15) is 12.0 Å². The van der Waals surface area contributed by atoms with Crippen LogP contribution in [0.25, 0.3) is 10.8 Å². The van der Waals surface area contributed by atoms with Crippen molar-refractivity contribution in [3.05, 3.63) is 78.4 Å². The molecule has 28 heavy (non-hydrogen) atoms. The van der Waals surface area contributed by atoms with E-state index in [9.17, 15) is 4.79 Å². The quantitative estimate of drug-likeness (QED) is 0.625. The number of cyclic esters (lactones) is 1. The molecule has 0 N–H and O–H groups in total. The molecular weight excluding hydrogens is 348 g/mol. The highest BCUT2D eigenvalue weighted by Gasteiger charge is 2.26. The van der Waals surface area contributed by atoms with Crippen molar-refractivity contribution in [2.45, 2.75) is 18.9 Å². The summed E-state index contributed by atoms with van der Waals surface area (Å²) in [7, 11) is 1.79. The number of carbonyl (C=O) groups is 1. The lowest BCUT2D eigenvalue weighted by molar-refractivity contribution is 0.0364. The summed E-state index contributed by atoms with van der Waals surface area (Å²) in [5.74, 6) is 0. The van der Waals surface area contributed by atoms with Gasteiger partial charge in [0.25, 0.3) is 0 Å². The third-order valence-electron chi connectivity index (χ3n) is 5.40. The Morgan fingerprint density at radius 1 is 1.00 bits per heavy atom. The number of nitrogens with zero attached hydrogens (tertiary/aromatic N) is 2. The Morgan fingerprint density at radius 3 is 2.54 bits per heavy atom. The SMILES string of the molecule is CN1CC[C@@H](CN(CCc2ccccc2)c2ccc3ccccc3c2)OC1=O. The highest BCUT2D eigenvalue weighted by Crippen LogP contribution is 2.24. The maximum absolute atomic E-state index is 12.0. The van der Waals surface area contributed by atoms with Crippen molar-refractivity contribution in [1.29, 1.82) is 0 Å². The van der Waals surface area contributed by atoms with E-state index in [1.807, 2.05) is 6.07 Å². The Hall–Kier alpha value is -3.01. The van der Waals surface area contributed by atoms with Gasteiger partial charge in [0.15, 0.2) is 0 Å². The van der Waals surface area contributed by atoms with E-state index < -0.39 is 0 Å². The molecule has 0 bridgehead atoms. The van der Waals surface area contributed by atoms with Crippen molar-refractivity contribution in [3.63, 3.8) is 0 Å². The summed E-state index contributed by atoms with van der Waals surface area (Å²) in [6.07, 6.45) is 1.51. The van der Waals surface area contributed by atoms with Crippen LogP contribution < -0.4 is 4.90 Å². The first-order valence-electron chi connectivity index (χ1n) is 9.88. The molecule has 0 radical (unpaired) electrons. The first kappa shape index (κ1) is 18.4. The van der Waals surface area contributed by atoms with Crippen LogP contribution in [0.3, 0.4) is 0 Å². The number of ether oxygens (including phenoxy) is 1. The van der Waals surface area contributed by atoms with E-state index in [0.717, 1.165) is 25.9 Å². The summed E-state index contributed by atoms with van der Waals surface area (Å²) in [6.45, 7) is 2.34. The van der Waals surface area contributed by atoms with Gasteiger partial charge in [-0.3, -0.25) is 0 Å². The normalized spacial score (nSPS) is 16.8. The van der Waals surface area contributed by atoms with Gasteiger partial charge >= 0.3 is 6.09 Å². The average molecular weight is 374 g/mol. The number of anilines is 1. The van der Waals surface area contributed by atoms with Gasteiger partial charge in [-0.2, -0.15) is 0 Å². The van der Waals surface area contributed by atoms with Gasteiger partial charge in [-0.25, -0.2) is 4.79 Å². The van der Waals surface area contributed by atoms with Crippen LogP contribution >= 0.6 is 0 Å². The highest BCUT2D eigenvalue weighted by atomic mass is 16.6. The summed E-state index contributed by atoms with van der Waals surface area (Å²) in [5.41, 5.74) is 2.48. The van der Waals surface area contributed by atoms with Crippen molar-refractivity contribution in [3.8, 4) is 0 Å². The van der Waals surface area contributed by atoms with Crippen molar-refractivity contribution >= 4 is 22.6 Å². The molecule has 144 valence electrons. The molecule has 1 aliphatic heterocycles. The Labute approximate surface area is 166 Å². The second-order valence-corrected chi connectivity index (χ2v) is 7.43. The fourth-order valence-corrected chi connectivity index (χ4v) is 3.70. The van der Waals surface area contributed by atoms with Crippen molar-refractivity contribution in [1.82, 2.24) is 4.90 Å². The van der Waals surface area contributed by atoms with Gasteiger partial charge in [0, 0.05) is 32.2 Å². The fraction of sp³-hybridized carbons (Fsp3) is 0.292. The molecule has 1 aliphatic rings. The zero-order chi connectivity index (χ0) is 19.3. The maximum Gasteiger partial charge on any atom is 0.409 e. The van der Waals surface area contributed by atoms with Gasteiger partial charge in [-0.1, -0.05) is 60.7 Å². The Balaban J connectivity index is 1.55. The lowest BCUT2D eigenvalue weighted by atomic mass is 10.1. The Kier molecular flexibility index (Phi) is 5.47. The molecule has 1 heterocycles. The van der Waals surface area contributed by atoms with E-state index in [2.05, 4.69) is 71.6 Å². The number of hydrogen-bond donors (Lipinski definition) is 0. The summed E-state index contributed by atoms with van der Waals surface area (Å²) in [4.78, 5) is 16.0. The largest absolute Gasteiger partial charge is 0.444 e. The molecule has 4 nitrogen and oxygen atoms in total. The van der Waals surface area contributed by atoms with E-state index >= 15 is 0 Å². The standard InChI is InChI=1S/C24H26N2O2/c1-25-15-14-23(28-24(25)27)18-26(16-13-19-7-3-2-4-8-19)22-12-11-20-9-5-6-10-21(20)17-22/h2-12,17,23H,13-16,18H2,1H3/t23-/m0/s1. The molecule has 0 unspecified atom stereocenters. The summed E-state index contributed by atoms with van der Waals surface area (Å²) in [6, 6.07) is 25.5. The molecule has 4 heteroatoms. The number of hydrogen-bond acceptors (Lipinski definition) is 3. The minimum atomic E-state index is -0.224. The fourth-order valence-electron chi connectivity index (χ4n) is 3.70. The van der Waals surface area contributed by atoms with Crippen LogP contribution in [-0.2, 0) is 11.2 Å². The molecule has 1 fully saturated rings. The van der Waals surface area contributed by atoms with Gasteiger partial charge in [0.05, 0.1) is 6.54 Å². The van der Waals surface area contributed by atoms with Crippen LogP contribution in [0, 0.1) is 0 Å². The topological polar surface area (TPSA) is 32.8 Å². The van der Waals surface area contributed by atoms with E-state index in [4.69, 9.17) is 4.74 Å². The van der Waals surface area contributed by atoms with Gasteiger partial charge in [-0.05, 0) is 34.9 Å². The Morgan fingerprint density at radius 2 is 1.75 bits per heavy atom. The number of benzene rings is 3. The van der Waals surface area contributed by atoms with Crippen LogP contribution in [0.2, 0.25) is 0 Å². The van der Waals surface area contributed by atoms with Crippen molar-refractivity contribution < 1.29 is 9.53 Å². The first-order valence-corrected chi connectivity index (χ1v) is 9.88. The molecule has 0 aromatic heterocycles. The molecule has 4 rings (SSSR count). The highest BCUT2D eigenvalue weighted by molar-refractivity contribution is 5.85. The number of amides is 1. The van der Waals surface area contributed by atoms with Crippen LogP contribution in [0.5, 0.6) is 0 Å². The molecule has 0 saturated carbocycles. The maximum atomic E-state index is 12.0. The molecule has 0 spiro atoms. The van der Waals surface area contributed by atoms with Crippen molar-refractivity contribution in [2.24, 2.45) is 0 Å². The van der Waals surface area contributed by atoms with Crippen molar-refractivity contribution in [2.75, 3.05) is 31.6 Å². The van der Waals surface area contributed by atoms with Gasteiger partial charge in [-0.15, -0.1) is 0 Å². The second kappa shape index (κ2) is 8.34. The van der Waals surface area contributed by atoms with E-state index in [1.165, 1.54) is 22.0 Å². The number of rotatable bonds is 6. The summed E-state index contributed by atoms with van der Waals surface area (Å²) < 4.78 is 5.64. The second-order valence-electron chi connectivity index (χ2n) is 7.43. The van der Waals surface area contributed by atoms with Gasteiger partial charge in [0.2, 0.25) is 0 Å². The molecule has 3 aromatic carbocycles. The first-order chi connectivity index (χ1) is 13.7. The zero-order valence-corrected chi connectivity index (χ0v) is 16.3. The van der Waals surface area contributed by atoms with Gasteiger partial charge in [0.1, 0.15) is 6.10 Å². The third-order valence-corrected chi connectivity index (χ3v) is 5.40. The number of carbonyl (C=O) groups excluding carboxylic acids is 1. The molecule has 1 atom stereocenters. The molecular formula is C24H26N2O2. The third kappa shape index (κ3) is 4.28. The lowest BCUT2D eigenvalue weighted by Gasteiger charge is -2.34. The summed E-state index contributed by atoms with van der Waals surface area (Å²) in [5, 5.41) is 2.46. The molecule has 1 saturated heterocycles. The van der Waals surface area contributed by atoms with E-state index in [1.54, 1.807) is 11.9 Å². The molecule has 0 aliphatic carbocycles. The molecule has 1 amide bonds. The summed E-state index contributed by atoms with van der Waals surface area (Å²) >= 11 is 0. The predicted octanol–water partition coefficient (Wildman–Crippen LogP) is 4.73.